The molecule has 0 atom stereocenters. The van der Waals surface area contributed by atoms with Gasteiger partial charge in [0.2, 0.25) is 0 Å². The minimum atomic E-state index is -4.14. The number of alkyl halides is 3. The predicted molar refractivity (Wildman–Crippen MR) is 83.0 cm³/mol. The Kier molecular flexibility index (Phi) is 8.05. The topological polar surface area (TPSA) is 54.4 Å². The number of rotatable bonds is 10. The monoisotopic (exact) mass is 352 g/mol. The van der Waals surface area contributed by atoms with Gasteiger partial charge in [0.15, 0.2) is 0 Å². The summed E-state index contributed by atoms with van der Waals surface area (Å²) < 4.78 is 66.5. The minimum Gasteiger partial charge on any atom is -0.282 e. The zero-order valence-corrected chi connectivity index (χ0v) is 13.8. The number of benzene rings is 1. The second kappa shape index (κ2) is 9.27. The fourth-order valence-corrected chi connectivity index (χ4v) is 2.85. The number of hydrogen-bond donors (Lipinski definition) is 1. The van der Waals surface area contributed by atoms with Crippen molar-refractivity contribution >= 4 is 10.1 Å². The molecular formula is C16H23F3O3S. The first-order valence-electron chi connectivity index (χ1n) is 7.82. The van der Waals surface area contributed by atoms with Crippen molar-refractivity contribution in [1.29, 1.82) is 0 Å². The van der Waals surface area contributed by atoms with E-state index in [4.69, 9.17) is 4.55 Å². The van der Waals surface area contributed by atoms with Gasteiger partial charge in [-0.1, -0.05) is 44.2 Å². The van der Waals surface area contributed by atoms with Crippen LogP contribution < -0.4 is 0 Å². The van der Waals surface area contributed by atoms with Gasteiger partial charge in [0, 0.05) is 6.42 Å². The Morgan fingerprint density at radius 3 is 1.78 bits per heavy atom. The molecule has 3 nitrogen and oxygen atoms in total. The molecule has 1 aromatic carbocycles. The van der Waals surface area contributed by atoms with Gasteiger partial charge in [-0.2, -0.15) is 21.6 Å². The Morgan fingerprint density at radius 2 is 1.30 bits per heavy atom. The lowest BCUT2D eigenvalue weighted by Gasteiger charge is -2.06. The van der Waals surface area contributed by atoms with Gasteiger partial charge in [0.25, 0.3) is 10.1 Å². The summed E-state index contributed by atoms with van der Waals surface area (Å²) in [7, 11) is -4.14. The second-order valence-corrected chi connectivity index (χ2v) is 7.13. The van der Waals surface area contributed by atoms with Crippen LogP contribution in [0.5, 0.6) is 0 Å². The summed E-state index contributed by atoms with van der Waals surface area (Å²) >= 11 is 0. The molecule has 0 amide bonds. The third-order valence-corrected chi connectivity index (χ3v) is 4.51. The van der Waals surface area contributed by atoms with E-state index >= 15 is 0 Å². The Balaban J connectivity index is 2.07. The highest BCUT2D eigenvalue weighted by Crippen LogP contribution is 2.23. The van der Waals surface area contributed by atoms with Crippen LogP contribution >= 0.6 is 0 Å². The van der Waals surface area contributed by atoms with Crippen LogP contribution in [-0.2, 0) is 16.5 Å². The molecule has 0 heterocycles. The summed E-state index contributed by atoms with van der Waals surface area (Å²) in [4.78, 5) is -0.111. The molecular weight excluding hydrogens is 329 g/mol. The molecule has 132 valence electrons. The van der Waals surface area contributed by atoms with Crippen molar-refractivity contribution in [2.24, 2.45) is 0 Å². The van der Waals surface area contributed by atoms with Crippen LogP contribution in [0.25, 0.3) is 0 Å². The van der Waals surface area contributed by atoms with Crippen molar-refractivity contribution in [3.8, 4) is 0 Å². The van der Waals surface area contributed by atoms with Crippen molar-refractivity contribution in [1.82, 2.24) is 0 Å². The fourth-order valence-electron chi connectivity index (χ4n) is 2.37. The second-order valence-electron chi connectivity index (χ2n) is 5.71. The number of halogens is 3. The Labute approximate surface area is 135 Å². The smallest absolute Gasteiger partial charge is 0.282 e. The molecule has 0 aliphatic rings. The maximum absolute atomic E-state index is 11.9. The Hall–Kier alpha value is -1.08. The SMILES string of the molecule is O=S(=O)(O)c1ccc(CCCCCCCCCC(F)(F)F)cc1. The lowest BCUT2D eigenvalue weighted by Crippen LogP contribution is -2.06. The summed E-state index contributed by atoms with van der Waals surface area (Å²) in [5.41, 5.74) is 1.00. The molecule has 0 aliphatic carbocycles. The first-order chi connectivity index (χ1) is 10.7. The van der Waals surface area contributed by atoms with E-state index < -0.39 is 22.7 Å². The molecule has 1 N–H and O–H groups in total. The van der Waals surface area contributed by atoms with Crippen molar-refractivity contribution in [2.75, 3.05) is 0 Å². The first-order valence-corrected chi connectivity index (χ1v) is 9.26. The van der Waals surface area contributed by atoms with E-state index in [-0.39, 0.29) is 11.3 Å². The van der Waals surface area contributed by atoms with Gasteiger partial charge < -0.3 is 0 Å². The lowest BCUT2D eigenvalue weighted by atomic mass is 10.0. The van der Waals surface area contributed by atoms with E-state index in [1.807, 2.05) is 0 Å². The minimum absolute atomic E-state index is 0.111. The number of aryl methyl sites for hydroxylation is 1. The van der Waals surface area contributed by atoms with Gasteiger partial charge in [-0.15, -0.1) is 0 Å². The summed E-state index contributed by atoms with van der Waals surface area (Å²) in [5.74, 6) is 0. The van der Waals surface area contributed by atoms with Crippen LogP contribution in [0.3, 0.4) is 0 Å². The molecule has 0 radical (unpaired) electrons. The molecule has 0 aliphatic heterocycles. The van der Waals surface area contributed by atoms with E-state index in [2.05, 4.69) is 0 Å². The average Bonchev–Trinajstić information content (AvgIpc) is 2.44. The molecule has 23 heavy (non-hydrogen) atoms. The molecule has 7 heteroatoms. The highest BCUT2D eigenvalue weighted by atomic mass is 32.2. The van der Waals surface area contributed by atoms with Crippen molar-refractivity contribution in [3.63, 3.8) is 0 Å². The number of unbranched alkanes of at least 4 members (excludes halogenated alkanes) is 6. The van der Waals surface area contributed by atoms with Gasteiger partial charge in [-0.05, 0) is 37.0 Å². The van der Waals surface area contributed by atoms with Crippen molar-refractivity contribution < 1.29 is 26.1 Å². The quantitative estimate of drug-likeness (QED) is 0.467. The third kappa shape index (κ3) is 9.61. The molecule has 0 spiro atoms. The van der Waals surface area contributed by atoms with Crippen LogP contribution in [-0.4, -0.2) is 19.1 Å². The van der Waals surface area contributed by atoms with Crippen LogP contribution in [0, 0.1) is 0 Å². The summed E-state index contributed by atoms with van der Waals surface area (Å²) in [5, 5.41) is 0. The van der Waals surface area contributed by atoms with Crippen LogP contribution in [0.1, 0.15) is 56.9 Å². The van der Waals surface area contributed by atoms with Gasteiger partial charge in [-0.25, -0.2) is 0 Å². The highest BCUT2D eigenvalue weighted by molar-refractivity contribution is 7.85. The maximum atomic E-state index is 11.9. The lowest BCUT2D eigenvalue weighted by molar-refractivity contribution is -0.135. The third-order valence-electron chi connectivity index (χ3n) is 3.65. The standard InChI is InChI=1S/C16H23F3O3S/c17-16(18,19)13-7-5-3-1-2-4-6-8-14-9-11-15(12-10-14)23(20,21)22/h9-12H,1-8,13H2,(H,20,21,22). The fraction of sp³-hybridized carbons (Fsp3) is 0.625. The van der Waals surface area contributed by atoms with E-state index in [9.17, 15) is 21.6 Å². The van der Waals surface area contributed by atoms with Gasteiger partial charge in [0.05, 0.1) is 4.90 Å². The molecule has 0 saturated carbocycles. The maximum Gasteiger partial charge on any atom is 0.389 e. The zero-order valence-electron chi connectivity index (χ0n) is 13.0. The van der Waals surface area contributed by atoms with E-state index in [0.29, 0.717) is 6.42 Å². The predicted octanol–water partition coefficient (Wildman–Crippen LogP) is 5.16. The normalized spacial score (nSPS) is 12.5. The zero-order chi connectivity index (χ0) is 17.3. The average molecular weight is 352 g/mol. The molecule has 0 bridgehead atoms. The Bertz CT molecular complexity index is 551. The molecule has 1 rings (SSSR count). The number of hydrogen-bond acceptors (Lipinski definition) is 2. The molecule has 1 aromatic rings. The largest absolute Gasteiger partial charge is 0.389 e. The Morgan fingerprint density at radius 1 is 0.826 bits per heavy atom. The molecule has 0 saturated heterocycles. The van der Waals surface area contributed by atoms with Crippen molar-refractivity contribution in [2.45, 2.75) is 68.9 Å². The van der Waals surface area contributed by atoms with E-state index in [0.717, 1.165) is 44.1 Å². The van der Waals surface area contributed by atoms with Crippen LogP contribution in [0.4, 0.5) is 13.2 Å². The summed E-state index contributed by atoms with van der Waals surface area (Å²) in [6.45, 7) is 0. The molecule has 0 unspecified atom stereocenters. The van der Waals surface area contributed by atoms with Crippen molar-refractivity contribution in [3.05, 3.63) is 29.8 Å². The van der Waals surface area contributed by atoms with Crippen LogP contribution in [0.2, 0.25) is 0 Å². The highest BCUT2D eigenvalue weighted by Gasteiger charge is 2.25. The summed E-state index contributed by atoms with van der Waals surface area (Å²) in [6.07, 6.45) is 1.65. The van der Waals surface area contributed by atoms with E-state index in [1.165, 1.54) is 12.1 Å². The van der Waals surface area contributed by atoms with Gasteiger partial charge in [0.1, 0.15) is 0 Å². The van der Waals surface area contributed by atoms with Gasteiger partial charge >= 0.3 is 6.18 Å². The molecule has 0 fully saturated rings. The van der Waals surface area contributed by atoms with Gasteiger partial charge in [-0.3, -0.25) is 4.55 Å². The first kappa shape index (κ1) is 20.0. The van der Waals surface area contributed by atoms with Crippen LogP contribution in [0.15, 0.2) is 29.2 Å². The summed E-state index contributed by atoms with van der Waals surface area (Å²) in [6, 6.07) is 6.12. The molecule has 0 aromatic heterocycles. The van der Waals surface area contributed by atoms with E-state index in [1.54, 1.807) is 12.1 Å².